The Bertz CT molecular complexity index is 79.3. The van der Waals surface area contributed by atoms with Crippen LogP contribution in [0.2, 0.25) is 0 Å². The van der Waals surface area contributed by atoms with Gasteiger partial charge >= 0.3 is 0 Å². The summed E-state index contributed by atoms with van der Waals surface area (Å²) in [6.07, 6.45) is 1.28. The fourth-order valence-corrected chi connectivity index (χ4v) is 0.835. The van der Waals surface area contributed by atoms with Crippen molar-refractivity contribution in [1.82, 2.24) is 0 Å². The molecule has 10 heavy (non-hydrogen) atoms. The second-order valence-electron chi connectivity index (χ2n) is 3.60. The largest absolute Gasteiger partial charge is 1.00 e. The molecule has 0 aliphatic carbocycles. The van der Waals surface area contributed by atoms with E-state index in [-0.39, 0.29) is 12.4 Å². The number of nitrogens with zero attached hydrogens (tertiary/aromatic N) is 1. The molecular formula is C8H20ClN. The number of hydrogen-bond acceptors (Lipinski definition) is 0. The standard InChI is InChI=1S/C8H20N.ClH/c1-6-7-9(4,5)8(2)3;/h8H,6-7H2,1-5H3;1H/q+1;/p-1. The molecule has 1 nitrogen and oxygen atoms in total. The van der Waals surface area contributed by atoms with Crippen molar-refractivity contribution in [3.05, 3.63) is 0 Å². The van der Waals surface area contributed by atoms with Gasteiger partial charge in [-0.15, -0.1) is 0 Å². The zero-order valence-corrected chi connectivity index (χ0v) is 8.57. The number of rotatable bonds is 3. The summed E-state index contributed by atoms with van der Waals surface area (Å²) in [5.41, 5.74) is 0. The third kappa shape index (κ3) is 4.13. The van der Waals surface area contributed by atoms with Crippen LogP contribution in [0, 0.1) is 0 Å². The lowest BCUT2D eigenvalue weighted by Crippen LogP contribution is -3.00. The van der Waals surface area contributed by atoms with Crippen LogP contribution >= 0.6 is 0 Å². The molecule has 0 radical (unpaired) electrons. The van der Waals surface area contributed by atoms with Gasteiger partial charge in [0.25, 0.3) is 0 Å². The second kappa shape index (κ2) is 4.97. The Morgan fingerprint density at radius 1 is 1.20 bits per heavy atom. The maximum absolute atomic E-state index is 2.29. The fourth-order valence-electron chi connectivity index (χ4n) is 0.835. The molecule has 0 aliphatic heterocycles. The van der Waals surface area contributed by atoms with E-state index in [4.69, 9.17) is 0 Å². The Kier molecular flexibility index (Phi) is 6.41. The molecule has 0 amide bonds. The summed E-state index contributed by atoms with van der Waals surface area (Å²) in [6, 6.07) is 0.755. The fraction of sp³-hybridized carbons (Fsp3) is 1.00. The third-order valence-electron chi connectivity index (χ3n) is 2.20. The summed E-state index contributed by atoms with van der Waals surface area (Å²) in [5, 5.41) is 0. The zero-order chi connectivity index (χ0) is 7.49. The van der Waals surface area contributed by atoms with E-state index in [1.807, 2.05) is 0 Å². The number of halogens is 1. The van der Waals surface area contributed by atoms with Gasteiger partial charge in [0.1, 0.15) is 0 Å². The Morgan fingerprint density at radius 3 is 1.70 bits per heavy atom. The van der Waals surface area contributed by atoms with E-state index >= 15 is 0 Å². The van der Waals surface area contributed by atoms with Crippen molar-refractivity contribution in [2.24, 2.45) is 0 Å². The van der Waals surface area contributed by atoms with E-state index < -0.39 is 0 Å². The van der Waals surface area contributed by atoms with Crippen LogP contribution in [0.4, 0.5) is 0 Å². The maximum atomic E-state index is 2.29. The first-order valence-electron chi connectivity index (χ1n) is 3.83. The van der Waals surface area contributed by atoms with Gasteiger partial charge in [-0.25, -0.2) is 0 Å². The first-order chi connectivity index (χ1) is 4.00. The molecule has 0 rings (SSSR count). The molecule has 0 saturated heterocycles. The van der Waals surface area contributed by atoms with Crippen molar-refractivity contribution >= 4 is 0 Å². The highest BCUT2D eigenvalue weighted by molar-refractivity contribution is 4.38. The van der Waals surface area contributed by atoms with E-state index in [2.05, 4.69) is 34.9 Å². The minimum Gasteiger partial charge on any atom is -1.00 e. The monoisotopic (exact) mass is 165 g/mol. The predicted octanol–water partition coefficient (Wildman–Crippen LogP) is -1.11. The van der Waals surface area contributed by atoms with Crippen molar-refractivity contribution < 1.29 is 16.9 Å². The van der Waals surface area contributed by atoms with Gasteiger partial charge in [0.2, 0.25) is 0 Å². The van der Waals surface area contributed by atoms with E-state index in [0.29, 0.717) is 0 Å². The molecule has 0 aromatic heterocycles. The molecule has 0 fully saturated rings. The molecule has 0 saturated carbocycles. The van der Waals surface area contributed by atoms with Gasteiger partial charge in [-0.3, -0.25) is 0 Å². The zero-order valence-electron chi connectivity index (χ0n) is 7.82. The minimum atomic E-state index is 0. The Hall–Kier alpha value is 0.250. The molecule has 0 aliphatic rings. The van der Waals surface area contributed by atoms with Crippen molar-refractivity contribution in [2.45, 2.75) is 33.2 Å². The molecule has 0 aromatic carbocycles. The highest BCUT2D eigenvalue weighted by atomic mass is 35.5. The van der Waals surface area contributed by atoms with Crippen LogP contribution in [0.15, 0.2) is 0 Å². The van der Waals surface area contributed by atoms with E-state index in [0.717, 1.165) is 10.5 Å². The molecule has 0 unspecified atom stereocenters. The Morgan fingerprint density at radius 2 is 1.60 bits per heavy atom. The topological polar surface area (TPSA) is 0 Å². The summed E-state index contributed by atoms with van der Waals surface area (Å²) < 4.78 is 1.15. The van der Waals surface area contributed by atoms with Gasteiger partial charge in [0, 0.05) is 0 Å². The third-order valence-corrected chi connectivity index (χ3v) is 2.20. The predicted molar refractivity (Wildman–Crippen MR) is 42.4 cm³/mol. The number of quaternary nitrogens is 1. The molecule has 0 heterocycles. The molecule has 0 aromatic rings. The van der Waals surface area contributed by atoms with Crippen molar-refractivity contribution in [3.8, 4) is 0 Å². The minimum absolute atomic E-state index is 0. The Labute approximate surface area is 71.4 Å². The summed E-state index contributed by atoms with van der Waals surface area (Å²) in [5.74, 6) is 0. The van der Waals surface area contributed by atoms with Gasteiger partial charge in [-0.1, -0.05) is 6.92 Å². The van der Waals surface area contributed by atoms with E-state index in [1.165, 1.54) is 13.0 Å². The first-order valence-corrected chi connectivity index (χ1v) is 3.83. The smallest absolute Gasteiger partial charge is 0.0829 e. The summed E-state index contributed by atoms with van der Waals surface area (Å²) in [6.45, 7) is 8.07. The second-order valence-corrected chi connectivity index (χ2v) is 3.60. The summed E-state index contributed by atoms with van der Waals surface area (Å²) in [4.78, 5) is 0. The van der Waals surface area contributed by atoms with Crippen molar-refractivity contribution in [3.63, 3.8) is 0 Å². The van der Waals surface area contributed by atoms with Crippen molar-refractivity contribution in [1.29, 1.82) is 0 Å². The lowest BCUT2D eigenvalue weighted by atomic mass is 10.2. The highest BCUT2D eigenvalue weighted by Crippen LogP contribution is 2.05. The van der Waals surface area contributed by atoms with Crippen LogP contribution in [-0.4, -0.2) is 31.2 Å². The Balaban J connectivity index is 0. The molecule has 0 spiro atoms. The van der Waals surface area contributed by atoms with E-state index in [1.54, 1.807) is 0 Å². The number of hydrogen-bond donors (Lipinski definition) is 0. The van der Waals surface area contributed by atoms with Crippen LogP contribution in [0.1, 0.15) is 27.2 Å². The van der Waals surface area contributed by atoms with E-state index in [9.17, 15) is 0 Å². The van der Waals surface area contributed by atoms with Gasteiger partial charge in [0.05, 0.1) is 26.7 Å². The maximum Gasteiger partial charge on any atom is 0.0829 e. The van der Waals surface area contributed by atoms with Crippen LogP contribution in [0.25, 0.3) is 0 Å². The quantitative estimate of drug-likeness (QED) is 0.466. The van der Waals surface area contributed by atoms with Crippen LogP contribution in [-0.2, 0) is 0 Å². The van der Waals surface area contributed by atoms with Gasteiger partial charge < -0.3 is 16.9 Å². The average Bonchev–Trinajstić information content (AvgIpc) is 1.65. The van der Waals surface area contributed by atoms with Crippen LogP contribution in [0.5, 0.6) is 0 Å². The average molecular weight is 166 g/mol. The molecule has 2 heteroatoms. The summed E-state index contributed by atoms with van der Waals surface area (Å²) in [7, 11) is 4.57. The first kappa shape index (κ1) is 12.9. The summed E-state index contributed by atoms with van der Waals surface area (Å²) >= 11 is 0. The lowest BCUT2D eigenvalue weighted by molar-refractivity contribution is -0.911. The normalized spacial score (nSPS) is 11.4. The SMILES string of the molecule is CCC[N+](C)(C)C(C)C.[Cl-]. The molecule has 0 N–H and O–H groups in total. The molecular weight excluding hydrogens is 146 g/mol. The van der Waals surface area contributed by atoms with Crippen LogP contribution < -0.4 is 12.4 Å². The van der Waals surface area contributed by atoms with Crippen molar-refractivity contribution in [2.75, 3.05) is 20.6 Å². The molecule has 64 valence electrons. The highest BCUT2D eigenvalue weighted by Gasteiger charge is 2.16. The van der Waals surface area contributed by atoms with Gasteiger partial charge in [-0.2, -0.15) is 0 Å². The van der Waals surface area contributed by atoms with Gasteiger partial charge in [-0.05, 0) is 20.3 Å². The van der Waals surface area contributed by atoms with Gasteiger partial charge in [0.15, 0.2) is 0 Å². The lowest BCUT2D eigenvalue weighted by Gasteiger charge is -2.33. The molecule has 0 bridgehead atoms. The molecule has 0 atom stereocenters. The van der Waals surface area contributed by atoms with Crippen LogP contribution in [0.3, 0.4) is 0 Å².